The Kier molecular flexibility index (Phi) is 15.0. The Bertz CT molecular complexity index is 1040. The summed E-state index contributed by atoms with van der Waals surface area (Å²) in [6, 6.07) is 7.05. The molecule has 3 N–H and O–H groups in total. The van der Waals surface area contributed by atoms with Crippen LogP contribution in [0.1, 0.15) is 44.1 Å². The summed E-state index contributed by atoms with van der Waals surface area (Å²) in [5.41, 5.74) is 1.60. The molecule has 0 bridgehead atoms. The lowest BCUT2D eigenvalue weighted by molar-refractivity contribution is -0.140. The molecule has 1 saturated heterocycles. The summed E-state index contributed by atoms with van der Waals surface area (Å²) in [6.07, 6.45) is 8.23. The Balaban J connectivity index is 0.000000568. The molecule has 1 aliphatic carbocycles. The average Bonchev–Trinajstić information content (AvgIpc) is 2.91. The van der Waals surface area contributed by atoms with E-state index in [9.17, 15) is 24.6 Å². The SMILES string of the molecule is C1#CCCCCCC1.O=C(O)CN1CCN(CC(=O)O)CC(Cc2ccc(N=C=S)cc2)N(CC(=O)O)CC1. The van der Waals surface area contributed by atoms with Crippen LogP contribution in [0.25, 0.3) is 0 Å². The topological polar surface area (TPSA) is 134 Å². The molecule has 1 aliphatic heterocycles. The number of aliphatic carboxylic acids is 3. The zero-order valence-electron chi connectivity index (χ0n) is 22.3. The lowest BCUT2D eigenvalue weighted by atomic mass is 10.0. The van der Waals surface area contributed by atoms with Crippen molar-refractivity contribution in [1.82, 2.24) is 14.7 Å². The summed E-state index contributed by atoms with van der Waals surface area (Å²) in [4.78, 5) is 43.1. The molecule has 0 amide bonds. The van der Waals surface area contributed by atoms with Gasteiger partial charge in [-0.15, -0.1) is 11.8 Å². The number of nitrogens with zero attached hydrogens (tertiary/aromatic N) is 4. The first-order chi connectivity index (χ1) is 18.8. The van der Waals surface area contributed by atoms with Crippen LogP contribution in [0.15, 0.2) is 29.3 Å². The summed E-state index contributed by atoms with van der Waals surface area (Å²) < 4.78 is 0. The molecule has 39 heavy (non-hydrogen) atoms. The van der Waals surface area contributed by atoms with Crippen molar-refractivity contribution in [2.75, 3.05) is 52.4 Å². The standard InChI is InChI=1S/C20H26N4O6S.C8H12/c25-18(26)11-22-5-6-23(12-19(27)28)10-17(24(8-7-22)13-20(29)30)9-15-1-3-16(4-2-15)21-14-31;1-2-4-6-8-7-5-3-1/h1-4,17H,5-13H2,(H,25,26)(H,27,28)(H,29,30);1-6H2. The number of thiocarbonyl (C=S) groups is 1. The van der Waals surface area contributed by atoms with Crippen LogP contribution in [-0.2, 0) is 20.8 Å². The lowest BCUT2D eigenvalue weighted by Crippen LogP contribution is -2.49. The third-order valence-electron chi connectivity index (χ3n) is 6.54. The number of hydrogen-bond acceptors (Lipinski definition) is 8. The molecule has 1 aromatic carbocycles. The van der Waals surface area contributed by atoms with E-state index in [0.717, 1.165) is 18.4 Å². The second-order valence-electron chi connectivity index (χ2n) is 9.66. The first kappa shape index (κ1) is 32.1. The number of carboxylic acids is 3. The number of benzene rings is 1. The summed E-state index contributed by atoms with van der Waals surface area (Å²) >= 11 is 4.60. The molecule has 10 nitrogen and oxygen atoms in total. The van der Waals surface area contributed by atoms with Crippen LogP contribution in [-0.4, -0.2) is 111 Å². The van der Waals surface area contributed by atoms with E-state index in [2.05, 4.69) is 34.2 Å². The van der Waals surface area contributed by atoms with Gasteiger partial charge in [-0.3, -0.25) is 29.1 Å². The van der Waals surface area contributed by atoms with Crippen molar-refractivity contribution in [3.05, 3.63) is 29.8 Å². The third-order valence-corrected chi connectivity index (χ3v) is 6.63. The molecule has 212 valence electrons. The van der Waals surface area contributed by atoms with Gasteiger partial charge in [-0.2, -0.15) is 4.99 Å². The third kappa shape index (κ3) is 14.0. The molecule has 0 aromatic heterocycles. The van der Waals surface area contributed by atoms with Gasteiger partial charge in [-0.25, -0.2) is 0 Å². The van der Waals surface area contributed by atoms with Gasteiger partial charge in [0, 0.05) is 51.6 Å². The maximum Gasteiger partial charge on any atom is 0.317 e. The van der Waals surface area contributed by atoms with Crippen LogP contribution in [0, 0.1) is 11.8 Å². The number of aliphatic imine (C=N–C) groups is 1. The molecule has 1 unspecified atom stereocenters. The van der Waals surface area contributed by atoms with Crippen molar-refractivity contribution in [2.45, 2.75) is 51.0 Å². The Labute approximate surface area is 235 Å². The molecule has 11 heteroatoms. The van der Waals surface area contributed by atoms with Crippen LogP contribution in [0.4, 0.5) is 5.69 Å². The molecule has 0 saturated carbocycles. The van der Waals surface area contributed by atoms with Crippen molar-refractivity contribution in [2.24, 2.45) is 4.99 Å². The van der Waals surface area contributed by atoms with E-state index in [4.69, 9.17) is 5.11 Å². The molecular weight excluding hydrogens is 520 g/mol. The molecule has 1 fully saturated rings. The summed E-state index contributed by atoms with van der Waals surface area (Å²) in [5, 5.41) is 30.2. The highest BCUT2D eigenvalue weighted by Gasteiger charge is 2.27. The largest absolute Gasteiger partial charge is 0.480 e. The highest BCUT2D eigenvalue weighted by Crippen LogP contribution is 2.17. The number of carbonyl (C=O) groups is 3. The van der Waals surface area contributed by atoms with Crippen LogP contribution < -0.4 is 0 Å². The highest BCUT2D eigenvalue weighted by molar-refractivity contribution is 7.78. The van der Waals surface area contributed by atoms with Crippen molar-refractivity contribution >= 4 is 41.0 Å². The van der Waals surface area contributed by atoms with E-state index in [1.54, 1.807) is 26.8 Å². The van der Waals surface area contributed by atoms with E-state index in [1.807, 2.05) is 12.1 Å². The number of rotatable bonds is 9. The van der Waals surface area contributed by atoms with E-state index >= 15 is 0 Å². The molecule has 1 heterocycles. The smallest absolute Gasteiger partial charge is 0.317 e. The minimum absolute atomic E-state index is 0.186. The van der Waals surface area contributed by atoms with Gasteiger partial charge in [-0.1, -0.05) is 25.0 Å². The van der Waals surface area contributed by atoms with Crippen molar-refractivity contribution in [3.8, 4) is 11.8 Å². The maximum atomic E-state index is 11.5. The molecule has 0 spiro atoms. The number of isothiocyanates is 1. The van der Waals surface area contributed by atoms with Gasteiger partial charge in [0.05, 0.1) is 30.5 Å². The Hall–Kier alpha value is -3.13. The molecule has 3 rings (SSSR count). The maximum absolute atomic E-state index is 11.5. The monoisotopic (exact) mass is 558 g/mol. The van der Waals surface area contributed by atoms with Gasteiger partial charge in [0.15, 0.2) is 0 Å². The number of carboxylic acid groups (broad SMARTS) is 3. The van der Waals surface area contributed by atoms with Crippen molar-refractivity contribution in [3.63, 3.8) is 0 Å². The van der Waals surface area contributed by atoms with Crippen LogP contribution in [0.2, 0.25) is 0 Å². The van der Waals surface area contributed by atoms with E-state index in [0.29, 0.717) is 44.8 Å². The fraction of sp³-hybridized carbons (Fsp3) is 0.571. The predicted octanol–water partition coefficient (Wildman–Crippen LogP) is 2.85. The average molecular weight is 559 g/mol. The Morgan fingerprint density at radius 3 is 1.92 bits per heavy atom. The first-order valence-electron chi connectivity index (χ1n) is 13.2. The Morgan fingerprint density at radius 2 is 1.36 bits per heavy atom. The van der Waals surface area contributed by atoms with Crippen LogP contribution >= 0.6 is 12.2 Å². The van der Waals surface area contributed by atoms with Gasteiger partial charge in [-0.05, 0) is 49.2 Å². The second-order valence-corrected chi connectivity index (χ2v) is 9.84. The van der Waals surface area contributed by atoms with Crippen LogP contribution in [0.5, 0.6) is 0 Å². The zero-order chi connectivity index (χ0) is 28.5. The van der Waals surface area contributed by atoms with Gasteiger partial charge in [0.25, 0.3) is 0 Å². The molecule has 1 aromatic rings. The van der Waals surface area contributed by atoms with Gasteiger partial charge in [0.1, 0.15) is 0 Å². The highest BCUT2D eigenvalue weighted by atomic mass is 32.1. The molecule has 1 atom stereocenters. The predicted molar refractivity (Wildman–Crippen MR) is 151 cm³/mol. The quantitative estimate of drug-likeness (QED) is 0.236. The van der Waals surface area contributed by atoms with Crippen molar-refractivity contribution in [1.29, 1.82) is 0 Å². The molecule has 0 radical (unpaired) electrons. The van der Waals surface area contributed by atoms with Gasteiger partial charge < -0.3 is 15.3 Å². The van der Waals surface area contributed by atoms with Crippen LogP contribution in [0.3, 0.4) is 0 Å². The van der Waals surface area contributed by atoms with Gasteiger partial charge in [0.2, 0.25) is 0 Å². The second kappa shape index (κ2) is 18.2. The molecular formula is C28H38N4O6S. The van der Waals surface area contributed by atoms with Gasteiger partial charge >= 0.3 is 17.9 Å². The summed E-state index contributed by atoms with van der Waals surface area (Å²) in [7, 11) is 0. The zero-order valence-corrected chi connectivity index (χ0v) is 23.1. The van der Waals surface area contributed by atoms with E-state index in [-0.39, 0.29) is 25.7 Å². The normalized spacial score (nSPS) is 19.1. The first-order valence-corrected chi connectivity index (χ1v) is 13.6. The summed E-state index contributed by atoms with van der Waals surface area (Å²) in [5.74, 6) is 3.31. The van der Waals surface area contributed by atoms with E-state index in [1.165, 1.54) is 25.7 Å². The molecule has 2 aliphatic rings. The number of hydrogen-bond donors (Lipinski definition) is 3. The fourth-order valence-corrected chi connectivity index (χ4v) is 4.71. The van der Waals surface area contributed by atoms with Crippen molar-refractivity contribution < 1.29 is 29.7 Å². The van der Waals surface area contributed by atoms with E-state index < -0.39 is 17.9 Å². The fourth-order valence-electron chi connectivity index (χ4n) is 4.60. The summed E-state index contributed by atoms with van der Waals surface area (Å²) in [6.45, 7) is 1.23. The minimum atomic E-state index is -0.996. The minimum Gasteiger partial charge on any atom is -0.480 e. The Morgan fingerprint density at radius 1 is 0.821 bits per heavy atom. The lowest BCUT2D eigenvalue weighted by Gasteiger charge is -2.33.